The van der Waals surface area contributed by atoms with E-state index in [-0.39, 0.29) is 18.9 Å². The molecule has 146 valence electrons. The molecule has 0 bridgehead atoms. The van der Waals surface area contributed by atoms with Crippen molar-refractivity contribution in [2.75, 3.05) is 6.54 Å². The van der Waals surface area contributed by atoms with E-state index in [0.29, 0.717) is 6.42 Å². The van der Waals surface area contributed by atoms with Gasteiger partial charge in [-0.05, 0) is 45.7 Å². The number of rotatable bonds is 3. The topological polar surface area (TPSA) is 50.4 Å². The number of carbonyl (C=O) groups excluding carboxylic acids is 1. The van der Waals surface area contributed by atoms with Gasteiger partial charge in [-0.15, -0.1) is 0 Å². The van der Waals surface area contributed by atoms with Crippen LogP contribution >= 0.6 is 0 Å². The van der Waals surface area contributed by atoms with Crippen LogP contribution in [0.1, 0.15) is 52.0 Å². The van der Waals surface area contributed by atoms with Crippen LogP contribution in [0.4, 0.5) is 18.0 Å². The molecule has 1 heterocycles. The first kappa shape index (κ1) is 20.6. The minimum Gasteiger partial charge on any atom is -0.444 e. The minimum atomic E-state index is -4.38. The maximum Gasteiger partial charge on any atom is 0.408 e. The Labute approximate surface area is 152 Å². The molecule has 1 aliphatic heterocycles. The Balaban J connectivity index is 2.33. The van der Waals surface area contributed by atoms with E-state index in [2.05, 4.69) is 10.6 Å². The Morgan fingerprint density at radius 3 is 2.42 bits per heavy atom. The largest absolute Gasteiger partial charge is 0.444 e. The summed E-state index contributed by atoms with van der Waals surface area (Å²) in [4.78, 5) is 12.4. The number of benzene rings is 1. The third-order valence-corrected chi connectivity index (χ3v) is 4.80. The molecule has 0 saturated carbocycles. The van der Waals surface area contributed by atoms with Crippen LogP contribution in [0.3, 0.4) is 0 Å². The van der Waals surface area contributed by atoms with Gasteiger partial charge >= 0.3 is 12.3 Å². The molecular weight excluding hydrogens is 345 g/mol. The number of alkyl halides is 3. The average Bonchev–Trinajstić information content (AvgIpc) is 2.52. The molecule has 0 radical (unpaired) electrons. The van der Waals surface area contributed by atoms with Crippen molar-refractivity contribution < 1.29 is 22.7 Å². The average molecular weight is 372 g/mol. The normalized spacial score (nSPS) is 25.4. The lowest BCUT2D eigenvalue weighted by molar-refractivity contribution is -0.166. The highest BCUT2D eigenvalue weighted by Gasteiger charge is 2.51. The number of halogens is 3. The van der Waals surface area contributed by atoms with Crippen molar-refractivity contribution in [1.82, 2.24) is 10.6 Å². The van der Waals surface area contributed by atoms with Crippen molar-refractivity contribution in [3.63, 3.8) is 0 Å². The Bertz CT molecular complexity index is 613. The first-order valence-electron chi connectivity index (χ1n) is 8.79. The highest BCUT2D eigenvalue weighted by Crippen LogP contribution is 2.40. The molecule has 1 amide bonds. The minimum absolute atomic E-state index is 0.164. The van der Waals surface area contributed by atoms with Crippen molar-refractivity contribution in [3.05, 3.63) is 35.9 Å². The summed E-state index contributed by atoms with van der Waals surface area (Å²) in [6.45, 7) is 7.19. The lowest BCUT2D eigenvalue weighted by Crippen LogP contribution is -2.63. The molecule has 0 aliphatic carbocycles. The van der Waals surface area contributed by atoms with Crippen LogP contribution in [0.2, 0.25) is 0 Å². The van der Waals surface area contributed by atoms with Crippen molar-refractivity contribution >= 4 is 6.09 Å². The molecule has 1 fully saturated rings. The van der Waals surface area contributed by atoms with Gasteiger partial charge in [-0.1, -0.05) is 37.3 Å². The van der Waals surface area contributed by atoms with E-state index in [1.54, 1.807) is 20.8 Å². The molecule has 1 saturated heterocycles. The van der Waals surface area contributed by atoms with Crippen LogP contribution in [0.25, 0.3) is 0 Å². The predicted molar refractivity (Wildman–Crippen MR) is 94.0 cm³/mol. The molecule has 7 heteroatoms. The first-order chi connectivity index (χ1) is 11.9. The smallest absolute Gasteiger partial charge is 0.408 e. The number of hydrogen-bond donors (Lipinski definition) is 2. The van der Waals surface area contributed by atoms with Crippen molar-refractivity contribution in [2.24, 2.45) is 0 Å². The van der Waals surface area contributed by atoms with Gasteiger partial charge in [-0.2, -0.15) is 13.2 Å². The number of carbonyl (C=O) groups is 1. The Hall–Kier alpha value is -1.76. The second-order valence-corrected chi connectivity index (χ2v) is 7.92. The summed E-state index contributed by atoms with van der Waals surface area (Å²) < 4.78 is 45.4. The molecular formula is C19H27F3N2O2. The van der Waals surface area contributed by atoms with Gasteiger partial charge in [0.25, 0.3) is 0 Å². The van der Waals surface area contributed by atoms with E-state index in [1.807, 2.05) is 37.3 Å². The van der Waals surface area contributed by atoms with Crippen molar-refractivity contribution in [3.8, 4) is 0 Å². The van der Waals surface area contributed by atoms with Crippen LogP contribution in [0.5, 0.6) is 0 Å². The number of piperidine rings is 1. The summed E-state index contributed by atoms with van der Waals surface area (Å²) >= 11 is 0. The SMILES string of the molecule is C[C@H](c1ccccc1)[C@@]1(NC(=O)OC(C)(C)C)CCN[C@@H](C(F)(F)F)C1. The van der Waals surface area contributed by atoms with Gasteiger partial charge in [0.15, 0.2) is 0 Å². The summed E-state index contributed by atoms with van der Waals surface area (Å²) in [5.74, 6) is -0.303. The second kappa shape index (κ2) is 7.47. The molecule has 1 aromatic rings. The van der Waals surface area contributed by atoms with Gasteiger partial charge in [-0.3, -0.25) is 0 Å². The van der Waals surface area contributed by atoms with Crippen LogP contribution in [-0.2, 0) is 4.74 Å². The van der Waals surface area contributed by atoms with Crippen LogP contribution in [-0.4, -0.2) is 36.0 Å². The molecule has 0 spiro atoms. The maximum atomic E-state index is 13.4. The predicted octanol–water partition coefficient (Wildman–Crippen LogP) is 4.37. The number of alkyl carbamates (subject to hydrolysis) is 1. The number of amides is 1. The van der Waals surface area contributed by atoms with Gasteiger partial charge in [0.05, 0.1) is 5.54 Å². The molecule has 1 aliphatic rings. The zero-order valence-electron chi connectivity index (χ0n) is 15.6. The van der Waals surface area contributed by atoms with Crippen LogP contribution in [0.15, 0.2) is 30.3 Å². The van der Waals surface area contributed by atoms with Gasteiger partial charge in [0.1, 0.15) is 11.6 Å². The van der Waals surface area contributed by atoms with Crippen molar-refractivity contribution in [2.45, 2.75) is 69.8 Å². The lowest BCUT2D eigenvalue weighted by atomic mass is 9.72. The van der Waals surface area contributed by atoms with Crippen molar-refractivity contribution in [1.29, 1.82) is 0 Å². The lowest BCUT2D eigenvalue weighted by Gasteiger charge is -2.46. The van der Waals surface area contributed by atoms with Gasteiger partial charge < -0.3 is 15.4 Å². The Kier molecular flexibility index (Phi) is 5.90. The van der Waals surface area contributed by atoms with Crippen LogP contribution < -0.4 is 10.6 Å². The summed E-state index contributed by atoms with van der Waals surface area (Å²) in [6.07, 6.45) is -4.93. The zero-order valence-corrected chi connectivity index (χ0v) is 15.6. The third kappa shape index (κ3) is 5.13. The third-order valence-electron chi connectivity index (χ3n) is 4.80. The molecule has 4 nitrogen and oxygen atoms in total. The van der Waals surface area contributed by atoms with E-state index in [0.717, 1.165) is 5.56 Å². The fourth-order valence-corrected chi connectivity index (χ4v) is 3.42. The van der Waals surface area contributed by atoms with Gasteiger partial charge in [-0.25, -0.2) is 4.79 Å². The summed E-state index contributed by atoms with van der Waals surface area (Å²) in [7, 11) is 0. The van der Waals surface area contributed by atoms with E-state index in [1.165, 1.54) is 0 Å². The van der Waals surface area contributed by atoms with E-state index >= 15 is 0 Å². The zero-order chi connectivity index (χ0) is 19.6. The number of ether oxygens (including phenoxy) is 1. The second-order valence-electron chi connectivity index (χ2n) is 7.92. The first-order valence-corrected chi connectivity index (χ1v) is 8.79. The number of nitrogens with one attached hydrogen (secondary N) is 2. The number of hydrogen-bond acceptors (Lipinski definition) is 3. The highest BCUT2D eigenvalue weighted by molar-refractivity contribution is 5.69. The highest BCUT2D eigenvalue weighted by atomic mass is 19.4. The standard InChI is InChI=1S/C19H27F3N2O2/c1-13(14-8-6-5-7-9-14)18(24-16(25)26-17(2,3)4)10-11-23-15(12-18)19(20,21)22/h5-9,13,15,23H,10-12H2,1-4H3,(H,24,25)/t13-,15-,18-/m1/s1. The van der Waals surface area contributed by atoms with E-state index in [9.17, 15) is 18.0 Å². The molecule has 0 unspecified atom stereocenters. The summed E-state index contributed by atoms with van der Waals surface area (Å²) in [6, 6.07) is 7.61. The summed E-state index contributed by atoms with van der Waals surface area (Å²) in [5, 5.41) is 5.31. The molecule has 26 heavy (non-hydrogen) atoms. The maximum absolute atomic E-state index is 13.4. The Morgan fingerprint density at radius 2 is 1.88 bits per heavy atom. The van der Waals surface area contributed by atoms with E-state index < -0.39 is 29.5 Å². The molecule has 2 N–H and O–H groups in total. The monoisotopic (exact) mass is 372 g/mol. The molecule has 2 rings (SSSR count). The fourth-order valence-electron chi connectivity index (χ4n) is 3.42. The molecule has 3 atom stereocenters. The molecule has 0 aromatic heterocycles. The van der Waals surface area contributed by atoms with Gasteiger partial charge in [0, 0.05) is 5.92 Å². The quantitative estimate of drug-likeness (QED) is 0.828. The van der Waals surface area contributed by atoms with Crippen LogP contribution in [0, 0.1) is 0 Å². The summed E-state index contributed by atoms with van der Waals surface area (Å²) in [5.41, 5.74) is -0.890. The van der Waals surface area contributed by atoms with E-state index in [4.69, 9.17) is 4.74 Å². The molecule has 1 aromatic carbocycles. The van der Waals surface area contributed by atoms with Gasteiger partial charge in [0.2, 0.25) is 0 Å². The Morgan fingerprint density at radius 1 is 1.27 bits per heavy atom. The fraction of sp³-hybridized carbons (Fsp3) is 0.632.